The molecule has 1 fully saturated rings. The minimum Gasteiger partial charge on any atom is -0.436 e. The van der Waals surface area contributed by atoms with Gasteiger partial charge >= 0.3 is 0 Å². The number of non-ortho nitro benzene ring substituents is 1. The summed E-state index contributed by atoms with van der Waals surface area (Å²) in [5.41, 5.74) is 3.19. The molecule has 0 aliphatic carbocycles. The molecule has 208 valence electrons. The fourth-order valence-electron chi connectivity index (χ4n) is 5.21. The quantitative estimate of drug-likeness (QED) is 0.137. The summed E-state index contributed by atoms with van der Waals surface area (Å²) in [5, 5.41) is 11.1. The standard InChI is InChI=1S/C32H24N4O6/c1-20(21-7-3-2-4-8-21)34(31(38)23-13-17-25(18-14-23)36(40)41)27-19-29(37)35(32(27)39)24-15-11-22(12-16-24)30-33-26-9-5-6-10-28(26)42-30/h2-18,20,27H,19H2,1H3. The Morgan fingerprint density at radius 3 is 2.29 bits per heavy atom. The molecule has 5 aromatic rings. The number of hydrogen-bond donors (Lipinski definition) is 0. The van der Waals surface area contributed by atoms with Crippen LogP contribution >= 0.6 is 0 Å². The maximum absolute atomic E-state index is 13.9. The van der Waals surface area contributed by atoms with E-state index in [-0.39, 0.29) is 17.7 Å². The summed E-state index contributed by atoms with van der Waals surface area (Å²) in [6.07, 6.45) is -0.207. The van der Waals surface area contributed by atoms with Crippen molar-refractivity contribution in [3.05, 3.63) is 124 Å². The van der Waals surface area contributed by atoms with Crippen LogP contribution in [0.3, 0.4) is 0 Å². The average Bonchev–Trinajstić information content (AvgIpc) is 3.58. The van der Waals surface area contributed by atoms with Crippen LogP contribution in [0.25, 0.3) is 22.6 Å². The van der Waals surface area contributed by atoms with Crippen molar-refractivity contribution in [2.24, 2.45) is 0 Å². The first-order valence-electron chi connectivity index (χ1n) is 13.3. The van der Waals surface area contributed by atoms with Gasteiger partial charge in [-0.1, -0.05) is 42.5 Å². The molecule has 0 bridgehead atoms. The molecule has 1 aliphatic rings. The molecule has 6 rings (SSSR count). The number of nitro groups is 1. The molecule has 2 unspecified atom stereocenters. The van der Waals surface area contributed by atoms with Gasteiger partial charge in [-0.25, -0.2) is 9.88 Å². The van der Waals surface area contributed by atoms with E-state index in [2.05, 4.69) is 4.98 Å². The number of carbonyl (C=O) groups excluding carboxylic acids is 3. The highest BCUT2D eigenvalue weighted by Gasteiger charge is 2.46. The minimum absolute atomic E-state index is 0.159. The van der Waals surface area contributed by atoms with Crippen molar-refractivity contribution in [3.63, 3.8) is 0 Å². The molecule has 3 amide bonds. The summed E-state index contributed by atoms with van der Waals surface area (Å²) in [7, 11) is 0. The fourth-order valence-corrected chi connectivity index (χ4v) is 5.21. The predicted octanol–water partition coefficient (Wildman–Crippen LogP) is 5.94. The van der Waals surface area contributed by atoms with E-state index < -0.39 is 34.7 Å². The Labute approximate surface area is 240 Å². The number of anilines is 1. The Bertz CT molecular complexity index is 1780. The molecule has 0 saturated carbocycles. The van der Waals surface area contributed by atoms with Crippen LogP contribution < -0.4 is 4.90 Å². The largest absolute Gasteiger partial charge is 0.436 e. The van der Waals surface area contributed by atoms with Gasteiger partial charge in [0.25, 0.3) is 17.5 Å². The van der Waals surface area contributed by atoms with Crippen LogP contribution in [0, 0.1) is 10.1 Å². The average molecular weight is 561 g/mol. The Morgan fingerprint density at radius 2 is 1.62 bits per heavy atom. The van der Waals surface area contributed by atoms with Gasteiger partial charge in [-0.15, -0.1) is 0 Å². The molecular weight excluding hydrogens is 536 g/mol. The van der Waals surface area contributed by atoms with Crippen molar-refractivity contribution >= 4 is 40.2 Å². The summed E-state index contributed by atoms with van der Waals surface area (Å²) in [6.45, 7) is 1.79. The number of para-hydroxylation sites is 2. The third-order valence-corrected chi connectivity index (χ3v) is 7.38. The summed E-state index contributed by atoms with van der Waals surface area (Å²) >= 11 is 0. The first-order chi connectivity index (χ1) is 20.3. The lowest BCUT2D eigenvalue weighted by atomic mass is 10.0. The summed E-state index contributed by atoms with van der Waals surface area (Å²) in [4.78, 5) is 58.5. The summed E-state index contributed by atoms with van der Waals surface area (Å²) in [5.74, 6) is -1.08. The zero-order chi connectivity index (χ0) is 29.4. The highest BCUT2D eigenvalue weighted by molar-refractivity contribution is 6.23. The topological polar surface area (TPSA) is 127 Å². The number of fused-ring (bicyclic) bond motifs is 1. The van der Waals surface area contributed by atoms with Crippen molar-refractivity contribution in [1.29, 1.82) is 0 Å². The van der Waals surface area contributed by atoms with Gasteiger partial charge in [0, 0.05) is 23.3 Å². The Balaban J connectivity index is 1.31. The monoisotopic (exact) mass is 560 g/mol. The number of hydrogen-bond acceptors (Lipinski definition) is 7. The van der Waals surface area contributed by atoms with Gasteiger partial charge in [-0.05, 0) is 61.0 Å². The van der Waals surface area contributed by atoms with Gasteiger partial charge in [0.15, 0.2) is 5.58 Å². The molecule has 0 N–H and O–H groups in total. The molecule has 1 saturated heterocycles. The number of benzene rings is 4. The lowest BCUT2D eigenvalue weighted by Gasteiger charge is -2.33. The van der Waals surface area contributed by atoms with Crippen molar-refractivity contribution < 1.29 is 23.7 Å². The molecule has 1 aliphatic heterocycles. The van der Waals surface area contributed by atoms with Gasteiger partial charge in [0.05, 0.1) is 23.1 Å². The number of nitrogens with zero attached hydrogens (tertiary/aromatic N) is 4. The number of oxazole rings is 1. The van der Waals surface area contributed by atoms with Gasteiger partial charge in [-0.2, -0.15) is 0 Å². The van der Waals surface area contributed by atoms with Crippen LogP contribution in [0.4, 0.5) is 11.4 Å². The Kier molecular flexibility index (Phi) is 6.79. The van der Waals surface area contributed by atoms with E-state index in [1.807, 2.05) is 54.6 Å². The van der Waals surface area contributed by atoms with Crippen LogP contribution in [-0.4, -0.2) is 38.6 Å². The van der Waals surface area contributed by atoms with E-state index in [1.165, 1.54) is 29.2 Å². The maximum atomic E-state index is 13.9. The number of aromatic nitrogens is 1. The second-order valence-electron chi connectivity index (χ2n) is 9.92. The van der Waals surface area contributed by atoms with Crippen LogP contribution in [0.1, 0.15) is 35.3 Å². The zero-order valence-electron chi connectivity index (χ0n) is 22.4. The normalized spacial score (nSPS) is 15.6. The van der Waals surface area contributed by atoms with E-state index in [9.17, 15) is 24.5 Å². The second-order valence-corrected chi connectivity index (χ2v) is 9.92. The minimum atomic E-state index is -1.08. The highest BCUT2D eigenvalue weighted by Crippen LogP contribution is 2.34. The smallest absolute Gasteiger partial charge is 0.269 e. The summed E-state index contributed by atoms with van der Waals surface area (Å²) in [6, 6.07) is 26.8. The molecule has 10 heteroatoms. The van der Waals surface area contributed by atoms with Crippen molar-refractivity contribution in [2.45, 2.75) is 25.4 Å². The SMILES string of the molecule is CC(c1ccccc1)N(C(=O)c1ccc([N+](=O)[O-])cc1)C1CC(=O)N(c2ccc(-c3nc4ccccc4o3)cc2)C1=O. The number of carbonyl (C=O) groups is 3. The summed E-state index contributed by atoms with van der Waals surface area (Å²) < 4.78 is 5.83. The molecule has 2 heterocycles. The molecule has 0 spiro atoms. The van der Waals surface area contributed by atoms with Crippen molar-refractivity contribution in [3.8, 4) is 11.5 Å². The predicted molar refractivity (Wildman–Crippen MR) is 154 cm³/mol. The Hall–Kier alpha value is -5.64. The third-order valence-electron chi connectivity index (χ3n) is 7.38. The Morgan fingerprint density at radius 1 is 0.952 bits per heavy atom. The van der Waals surface area contributed by atoms with Crippen LogP contribution in [-0.2, 0) is 9.59 Å². The van der Waals surface area contributed by atoms with Gasteiger partial charge in [0.2, 0.25) is 11.8 Å². The lowest BCUT2D eigenvalue weighted by Crippen LogP contribution is -2.46. The number of nitro benzene ring substituents is 1. The first-order valence-corrected chi connectivity index (χ1v) is 13.3. The van der Waals surface area contributed by atoms with Crippen molar-refractivity contribution in [2.75, 3.05) is 4.90 Å². The first kappa shape index (κ1) is 26.6. The molecule has 2 atom stereocenters. The molecule has 10 nitrogen and oxygen atoms in total. The van der Waals surface area contributed by atoms with E-state index in [0.717, 1.165) is 16.0 Å². The van der Waals surface area contributed by atoms with Gasteiger partial charge in [-0.3, -0.25) is 24.5 Å². The zero-order valence-corrected chi connectivity index (χ0v) is 22.4. The third kappa shape index (κ3) is 4.79. The number of rotatable bonds is 7. The lowest BCUT2D eigenvalue weighted by molar-refractivity contribution is -0.384. The van der Waals surface area contributed by atoms with E-state index in [1.54, 1.807) is 31.2 Å². The highest BCUT2D eigenvalue weighted by atomic mass is 16.6. The van der Waals surface area contributed by atoms with Crippen LogP contribution in [0.5, 0.6) is 0 Å². The van der Waals surface area contributed by atoms with Crippen LogP contribution in [0.2, 0.25) is 0 Å². The second kappa shape index (κ2) is 10.7. The fraction of sp³-hybridized carbons (Fsp3) is 0.125. The molecule has 4 aromatic carbocycles. The van der Waals surface area contributed by atoms with Gasteiger partial charge in [0.1, 0.15) is 11.6 Å². The van der Waals surface area contributed by atoms with Crippen molar-refractivity contribution in [1.82, 2.24) is 9.88 Å². The van der Waals surface area contributed by atoms with E-state index in [0.29, 0.717) is 22.7 Å². The van der Waals surface area contributed by atoms with Crippen LogP contribution in [0.15, 0.2) is 108 Å². The molecular formula is C32H24N4O6. The van der Waals surface area contributed by atoms with E-state index >= 15 is 0 Å². The van der Waals surface area contributed by atoms with Gasteiger partial charge < -0.3 is 9.32 Å². The number of imide groups is 1. The number of amides is 3. The molecule has 1 aromatic heterocycles. The molecule has 42 heavy (non-hydrogen) atoms. The molecule has 0 radical (unpaired) electrons. The maximum Gasteiger partial charge on any atom is 0.269 e. The van der Waals surface area contributed by atoms with E-state index in [4.69, 9.17) is 4.42 Å².